The number of anilines is 1. The standard InChI is InChI=1S/C37H49N5O6/c1-24(2)35-40-32(23-47-35)29-15-16-38-34(21-29)42(22-26-5-7-27(8-6-26)31-13-14-33(45-4)25(3)39-31)36(43)28-9-11-30(12-10-28)48-37(44)41-17-19-46-20-18-41/h13-16,21,23-24,26-28,30H,5-12,17-20,22H2,1-4H3/t26-,27-,28-,30-. The molecule has 4 heterocycles. The Labute approximate surface area is 283 Å². The molecule has 2 amide bonds. The highest BCUT2D eigenvalue weighted by Gasteiger charge is 2.35. The zero-order valence-corrected chi connectivity index (χ0v) is 28.7. The summed E-state index contributed by atoms with van der Waals surface area (Å²) in [6.07, 6.45) is 9.73. The van der Waals surface area contributed by atoms with Crippen molar-refractivity contribution in [1.82, 2.24) is 19.9 Å². The predicted molar refractivity (Wildman–Crippen MR) is 181 cm³/mol. The van der Waals surface area contributed by atoms with Crippen LogP contribution >= 0.6 is 0 Å². The smallest absolute Gasteiger partial charge is 0.410 e. The van der Waals surface area contributed by atoms with Crippen LogP contribution in [0.5, 0.6) is 5.75 Å². The number of nitrogens with zero attached hydrogens (tertiary/aromatic N) is 5. The molecule has 48 heavy (non-hydrogen) atoms. The fourth-order valence-electron chi connectivity index (χ4n) is 7.23. The van der Waals surface area contributed by atoms with E-state index in [9.17, 15) is 9.59 Å². The monoisotopic (exact) mass is 659 g/mol. The van der Waals surface area contributed by atoms with Gasteiger partial charge in [0.15, 0.2) is 5.89 Å². The van der Waals surface area contributed by atoms with Gasteiger partial charge >= 0.3 is 6.09 Å². The van der Waals surface area contributed by atoms with Gasteiger partial charge in [0.2, 0.25) is 5.91 Å². The van der Waals surface area contributed by atoms with Crippen LogP contribution in [-0.4, -0.2) is 77.9 Å². The molecule has 1 saturated heterocycles. The summed E-state index contributed by atoms with van der Waals surface area (Å²) in [5.41, 5.74) is 3.64. The highest BCUT2D eigenvalue weighted by atomic mass is 16.6. The fraction of sp³-hybridized carbons (Fsp3) is 0.595. The third-order valence-corrected chi connectivity index (χ3v) is 10.1. The number of ether oxygens (including phenoxy) is 3. The number of hydrogen-bond donors (Lipinski definition) is 0. The van der Waals surface area contributed by atoms with Gasteiger partial charge in [-0.25, -0.2) is 14.8 Å². The summed E-state index contributed by atoms with van der Waals surface area (Å²) in [5.74, 6) is 2.99. The third-order valence-electron chi connectivity index (χ3n) is 10.1. The molecule has 11 heteroatoms. The maximum atomic E-state index is 14.4. The maximum Gasteiger partial charge on any atom is 0.410 e. The quantitative estimate of drug-likeness (QED) is 0.241. The number of amides is 2. The summed E-state index contributed by atoms with van der Waals surface area (Å²) in [6.45, 7) is 8.88. The Morgan fingerprint density at radius 2 is 1.75 bits per heavy atom. The molecule has 3 aromatic heterocycles. The second-order valence-corrected chi connectivity index (χ2v) is 13.8. The first-order chi connectivity index (χ1) is 23.3. The van der Waals surface area contributed by atoms with Gasteiger partial charge in [0, 0.05) is 54.8 Å². The number of morpholine rings is 1. The normalized spacial score (nSPS) is 23.1. The van der Waals surface area contributed by atoms with Gasteiger partial charge in [-0.3, -0.25) is 14.7 Å². The Bertz CT molecular complexity index is 1540. The van der Waals surface area contributed by atoms with Crippen molar-refractivity contribution in [3.63, 3.8) is 0 Å². The van der Waals surface area contributed by atoms with Crippen molar-refractivity contribution in [3.8, 4) is 17.0 Å². The second-order valence-electron chi connectivity index (χ2n) is 13.8. The molecule has 3 fully saturated rings. The molecule has 0 unspecified atom stereocenters. The number of aromatic nitrogens is 3. The lowest BCUT2D eigenvalue weighted by Gasteiger charge is -2.36. The van der Waals surface area contributed by atoms with E-state index in [0.717, 1.165) is 54.1 Å². The Kier molecular flexibility index (Phi) is 10.9. The number of hydrogen-bond acceptors (Lipinski definition) is 9. The summed E-state index contributed by atoms with van der Waals surface area (Å²) in [6, 6.07) is 7.98. The maximum absolute atomic E-state index is 14.4. The van der Waals surface area contributed by atoms with Gasteiger partial charge in [-0.15, -0.1) is 0 Å². The Hall–Kier alpha value is -3.99. The third kappa shape index (κ3) is 7.99. The molecule has 3 aliphatic rings. The van der Waals surface area contributed by atoms with Gasteiger partial charge in [0.05, 0.1) is 26.0 Å². The summed E-state index contributed by atoms with van der Waals surface area (Å²) < 4.78 is 22.3. The van der Waals surface area contributed by atoms with Crippen molar-refractivity contribution in [2.24, 2.45) is 11.8 Å². The summed E-state index contributed by atoms with van der Waals surface area (Å²) in [4.78, 5) is 44.9. The molecule has 258 valence electrons. The minimum atomic E-state index is -0.278. The molecule has 0 atom stereocenters. The van der Waals surface area contributed by atoms with Gasteiger partial charge in [-0.2, -0.15) is 0 Å². The van der Waals surface area contributed by atoms with Crippen molar-refractivity contribution in [1.29, 1.82) is 0 Å². The average molecular weight is 660 g/mol. The zero-order chi connectivity index (χ0) is 33.6. The lowest BCUT2D eigenvalue weighted by atomic mass is 9.79. The number of methoxy groups -OCH3 is 1. The van der Waals surface area contributed by atoms with Crippen LogP contribution in [0.2, 0.25) is 0 Å². The average Bonchev–Trinajstić information content (AvgIpc) is 3.63. The number of rotatable bonds is 9. The van der Waals surface area contributed by atoms with Gasteiger partial charge in [-0.1, -0.05) is 13.8 Å². The van der Waals surface area contributed by atoms with E-state index in [1.807, 2.05) is 43.9 Å². The largest absolute Gasteiger partial charge is 0.495 e. The zero-order valence-electron chi connectivity index (χ0n) is 28.7. The highest BCUT2D eigenvalue weighted by molar-refractivity contribution is 5.94. The Morgan fingerprint density at radius 1 is 1.00 bits per heavy atom. The first kappa shape index (κ1) is 33.9. The molecule has 0 spiro atoms. The van der Waals surface area contributed by atoms with Crippen molar-refractivity contribution < 1.29 is 28.2 Å². The van der Waals surface area contributed by atoms with Gasteiger partial charge in [-0.05, 0) is 88.5 Å². The van der Waals surface area contributed by atoms with Gasteiger partial charge in [0.25, 0.3) is 0 Å². The summed E-state index contributed by atoms with van der Waals surface area (Å²) >= 11 is 0. The summed E-state index contributed by atoms with van der Waals surface area (Å²) in [7, 11) is 1.67. The molecular formula is C37H49N5O6. The van der Waals surface area contributed by atoms with E-state index in [4.69, 9.17) is 28.6 Å². The van der Waals surface area contributed by atoms with Crippen molar-refractivity contribution >= 4 is 17.8 Å². The first-order valence-electron chi connectivity index (χ1n) is 17.6. The number of aryl methyl sites for hydroxylation is 1. The van der Waals surface area contributed by atoms with E-state index < -0.39 is 0 Å². The molecule has 2 aliphatic carbocycles. The number of oxazole rings is 1. The molecule has 11 nitrogen and oxygen atoms in total. The molecule has 0 aromatic carbocycles. The molecule has 6 rings (SSSR count). The van der Waals surface area contributed by atoms with E-state index in [1.165, 1.54) is 0 Å². The van der Waals surface area contributed by atoms with Gasteiger partial charge < -0.3 is 23.5 Å². The van der Waals surface area contributed by atoms with Crippen molar-refractivity contribution in [2.45, 2.75) is 90.1 Å². The van der Waals surface area contributed by atoms with E-state index >= 15 is 0 Å². The number of pyridine rings is 2. The molecule has 0 radical (unpaired) electrons. The van der Waals surface area contributed by atoms with Crippen molar-refractivity contribution in [3.05, 3.63) is 54.0 Å². The van der Waals surface area contributed by atoms with Crippen LogP contribution < -0.4 is 9.64 Å². The molecular weight excluding hydrogens is 610 g/mol. The highest BCUT2D eigenvalue weighted by Crippen LogP contribution is 2.38. The minimum absolute atomic E-state index is 0.0928. The topological polar surface area (TPSA) is 120 Å². The molecule has 2 saturated carbocycles. The molecule has 0 N–H and O–H groups in total. The SMILES string of the molecule is COc1ccc([C@H]2CC[C@H](CN(c3cc(-c4coc(C(C)C)n4)ccn3)C(=O)[C@H]3CC[C@H](OC(=O)N4CCOCC4)CC3)CC2)nc1C. The number of carbonyl (C=O) groups excluding carboxylic acids is 2. The molecule has 0 bridgehead atoms. The van der Waals surface area contributed by atoms with Crippen LogP contribution in [0, 0.1) is 18.8 Å². The van der Waals surface area contributed by atoms with E-state index in [-0.39, 0.29) is 29.9 Å². The van der Waals surface area contributed by atoms with Crippen LogP contribution in [-0.2, 0) is 14.3 Å². The van der Waals surface area contributed by atoms with Crippen LogP contribution in [0.4, 0.5) is 10.6 Å². The fourth-order valence-corrected chi connectivity index (χ4v) is 7.23. The second kappa shape index (κ2) is 15.5. The molecule has 3 aromatic rings. The predicted octanol–water partition coefficient (Wildman–Crippen LogP) is 6.91. The molecule has 1 aliphatic heterocycles. The Balaban J connectivity index is 1.15. The number of carbonyl (C=O) groups is 2. The lowest BCUT2D eigenvalue weighted by molar-refractivity contribution is -0.124. The van der Waals surface area contributed by atoms with Crippen LogP contribution in [0.15, 0.2) is 41.1 Å². The van der Waals surface area contributed by atoms with Crippen LogP contribution in [0.25, 0.3) is 11.3 Å². The summed E-state index contributed by atoms with van der Waals surface area (Å²) in [5, 5.41) is 0. The first-order valence-corrected chi connectivity index (χ1v) is 17.6. The van der Waals surface area contributed by atoms with Crippen molar-refractivity contribution in [2.75, 3.05) is 44.9 Å². The van der Waals surface area contributed by atoms with E-state index in [2.05, 4.69) is 11.1 Å². The van der Waals surface area contributed by atoms with Gasteiger partial charge in [0.1, 0.15) is 29.6 Å². The minimum Gasteiger partial charge on any atom is -0.495 e. The van der Waals surface area contributed by atoms with E-state index in [0.29, 0.717) is 82.1 Å². The van der Waals surface area contributed by atoms with Crippen LogP contribution in [0.1, 0.15) is 94.3 Å². The van der Waals surface area contributed by atoms with E-state index in [1.54, 1.807) is 24.5 Å². The van der Waals surface area contributed by atoms with Crippen LogP contribution in [0.3, 0.4) is 0 Å². The lowest BCUT2D eigenvalue weighted by Crippen LogP contribution is -2.44. The Morgan fingerprint density at radius 3 is 2.42 bits per heavy atom.